The molecule has 0 aliphatic heterocycles. The first-order valence-electron chi connectivity index (χ1n) is 4.44. The fourth-order valence-electron chi connectivity index (χ4n) is 1.31. The molecule has 0 spiro atoms. The van der Waals surface area contributed by atoms with Gasteiger partial charge in [-0.25, -0.2) is 0 Å². The molecule has 0 fully saturated rings. The van der Waals surface area contributed by atoms with Gasteiger partial charge >= 0.3 is 0 Å². The van der Waals surface area contributed by atoms with Crippen molar-refractivity contribution in [2.45, 2.75) is 20.0 Å². The van der Waals surface area contributed by atoms with Crippen LogP contribution >= 0.6 is 11.6 Å². The number of carbonyl (C=O) groups excluding carboxylic acids is 1. The fourth-order valence-corrected chi connectivity index (χ4v) is 1.41. The third-order valence-electron chi connectivity index (χ3n) is 2.13. The van der Waals surface area contributed by atoms with Gasteiger partial charge in [0.25, 0.3) is 0 Å². The maximum atomic E-state index is 11.1. The van der Waals surface area contributed by atoms with Gasteiger partial charge in [-0.1, -0.05) is 18.2 Å². The molecular weight excluding hydrogens is 200 g/mol. The lowest BCUT2D eigenvalue weighted by Crippen LogP contribution is -2.05. The topological polar surface area (TPSA) is 37.3 Å². The summed E-state index contributed by atoms with van der Waals surface area (Å²) in [5.74, 6) is 0.0767. The number of carbonyl (C=O) groups is 1. The Kier molecular flexibility index (Phi) is 4.11. The van der Waals surface area contributed by atoms with Crippen LogP contribution in [0.15, 0.2) is 18.2 Å². The smallest absolute Gasteiger partial charge is 0.151 e. The summed E-state index contributed by atoms with van der Waals surface area (Å²) in [5, 5.41) is 8.89. The summed E-state index contributed by atoms with van der Waals surface area (Å²) < 4.78 is 0. The molecule has 0 radical (unpaired) electrons. The second kappa shape index (κ2) is 5.13. The van der Waals surface area contributed by atoms with Crippen LogP contribution in [-0.2, 0) is 17.8 Å². The van der Waals surface area contributed by atoms with E-state index in [0.717, 1.165) is 16.7 Å². The summed E-state index contributed by atoms with van der Waals surface area (Å²) in [6.07, 6.45) is 0.376. The normalized spacial score (nSPS) is 10.2. The van der Waals surface area contributed by atoms with E-state index in [1.807, 2.05) is 25.1 Å². The molecule has 3 heteroatoms. The fraction of sp³-hybridized carbons (Fsp3) is 0.364. The summed E-state index contributed by atoms with van der Waals surface area (Å²) >= 11 is 5.42. The molecule has 0 aromatic heterocycles. The van der Waals surface area contributed by atoms with E-state index < -0.39 is 0 Å². The van der Waals surface area contributed by atoms with Crippen LogP contribution < -0.4 is 0 Å². The van der Waals surface area contributed by atoms with Gasteiger partial charge in [0.15, 0.2) is 5.78 Å². The minimum atomic E-state index is 0.0199. The highest BCUT2D eigenvalue weighted by Crippen LogP contribution is 2.12. The highest BCUT2D eigenvalue weighted by atomic mass is 35.5. The van der Waals surface area contributed by atoms with Crippen LogP contribution in [0.2, 0.25) is 0 Å². The van der Waals surface area contributed by atoms with Crippen molar-refractivity contribution in [3.8, 4) is 0 Å². The molecule has 0 saturated heterocycles. The number of alkyl halides is 1. The summed E-state index contributed by atoms with van der Waals surface area (Å²) in [6.45, 7) is 1.96. The monoisotopic (exact) mass is 212 g/mol. The zero-order valence-corrected chi connectivity index (χ0v) is 8.84. The van der Waals surface area contributed by atoms with Crippen LogP contribution in [0.5, 0.6) is 0 Å². The molecule has 0 aliphatic carbocycles. The molecule has 1 aromatic rings. The van der Waals surface area contributed by atoms with Crippen molar-refractivity contribution in [2.24, 2.45) is 0 Å². The molecule has 76 valence electrons. The molecule has 0 amide bonds. The lowest BCUT2D eigenvalue weighted by molar-refractivity contribution is -0.116. The van der Waals surface area contributed by atoms with Crippen LogP contribution in [0.4, 0.5) is 0 Å². The van der Waals surface area contributed by atoms with Crippen LogP contribution in [0, 0.1) is 6.92 Å². The Labute approximate surface area is 88.5 Å². The number of Topliss-reactive ketones (excluding diaryl/α,β-unsaturated/α-hetero) is 1. The van der Waals surface area contributed by atoms with Gasteiger partial charge in [0, 0.05) is 6.42 Å². The first kappa shape index (κ1) is 11.2. The Hall–Kier alpha value is -0.860. The number of hydrogen-bond donors (Lipinski definition) is 1. The van der Waals surface area contributed by atoms with Gasteiger partial charge in [-0.2, -0.15) is 0 Å². The molecule has 2 nitrogen and oxygen atoms in total. The van der Waals surface area contributed by atoms with Crippen LogP contribution in [0.1, 0.15) is 16.7 Å². The molecular formula is C11H13ClO2. The van der Waals surface area contributed by atoms with Gasteiger partial charge in [-0.15, -0.1) is 11.6 Å². The largest absolute Gasteiger partial charge is 0.392 e. The van der Waals surface area contributed by atoms with Crippen molar-refractivity contribution in [1.29, 1.82) is 0 Å². The molecule has 0 bridgehead atoms. The lowest BCUT2D eigenvalue weighted by Gasteiger charge is -2.05. The number of halogens is 1. The van der Waals surface area contributed by atoms with Crippen LogP contribution in [0.3, 0.4) is 0 Å². The molecule has 0 saturated carbocycles. The number of hydrogen-bond acceptors (Lipinski definition) is 2. The zero-order valence-electron chi connectivity index (χ0n) is 8.09. The standard InChI is InChI=1S/C11H13ClO2/c1-8-4-9(7-13)2-3-10(8)5-11(14)6-12/h2-4,13H,5-7H2,1H3. The van der Waals surface area contributed by atoms with Gasteiger partial charge in [0.05, 0.1) is 12.5 Å². The van der Waals surface area contributed by atoms with Gasteiger partial charge in [0.1, 0.15) is 0 Å². The van der Waals surface area contributed by atoms with Crippen molar-refractivity contribution in [2.75, 3.05) is 5.88 Å². The number of ketones is 1. The van der Waals surface area contributed by atoms with E-state index in [-0.39, 0.29) is 18.3 Å². The Bertz CT molecular complexity index is 334. The molecule has 0 atom stereocenters. The van der Waals surface area contributed by atoms with Crippen molar-refractivity contribution in [1.82, 2.24) is 0 Å². The minimum Gasteiger partial charge on any atom is -0.392 e. The predicted octanol–water partition coefficient (Wildman–Crippen LogP) is 1.84. The summed E-state index contributed by atoms with van der Waals surface area (Å²) in [4.78, 5) is 11.1. The number of rotatable bonds is 4. The van der Waals surface area contributed by atoms with E-state index >= 15 is 0 Å². The molecule has 14 heavy (non-hydrogen) atoms. The van der Waals surface area contributed by atoms with Crippen LogP contribution in [-0.4, -0.2) is 16.8 Å². The van der Waals surface area contributed by atoms with Crippen LogP contribution in [0.25, 0.3) is 0 Å². The maximum Gasteiger partial charge on any atom is 0.151 e. The average molecular weight is 213 g/mol. The first-order chi connectivity index (χ1) is 6.67. The van der Waals surface area contributed by atoms with E-state index in [9.17, 15) is 4.79 Å². The highest BCUT2D eigenvalue weighted by Gasteiger charge is 2.05. The zero-order chi connectivity index (χ0) is 10.6. The quantitative estimate of drug-likeness (QED) is 0.774. The van der Waals surface area contributed by atoms with E-state index in [0.29, 0.717) is 6.42 Å². The van der Waals surface area contributed by atoms with Crippen molar-refractivity contribution < 1.29 is 9.90 Å². The summed E-state index contributed by atoms with van der Waals surface area (Å²) in [7, 11) is 0. The Morgan fingerprint density at radius 3 is 2.71 bits per heavy atom. The van der Waals surface area contributed by atoms with Gasteiger partial charge in [-0.3, -0.25) is 4.79 Å². The summed E-state index contributed by atoms with van der Waals surface area (Å²) in [6, 6.07) is 5.58. The first-order valence-corrected chi connectivity index (χ1v) is 4.97. The molecule has 0 heterocycles. The number of benzene rings is 1. The Morgan fingerprint density at radius 1 is 1.50 bits per heavy atom. The second-order valence-electron chi connectivity index (χ2n) is 3.27. The van der Waals surface area contributed by atoms with E-state index in [1.165, 1.54) is 0 Å². The number of aliphatic hydroxyl groups is 1. The van der Waals surface area contributed by atoms with Gasteiger partial charge in [-0.05, 0) is 23.6 Å². The van der Waals surface area contributed by atoms with E-state index in [4.69, 9.17) is 16.7 Å². The minimum absolute atomic E-state index is 0.0199. The molecule has 1 N–H and O–H groups in total. The molecule has 1 rings (SSSR count). The van der Waals surface area contributed by atoms with Crippen molar-refractivity contribution >= 4 is 17.4 Å². The Morgan fingerprint density at radius 2 is 2.21 bits per heavy atom. The van der Waals surface area contributed by atoms with Crippen molar-refractivity contribution in [3.63, 3.8) is 0 Å². The lowest BCUT2D eigenvalue weighted by atomic mass is 10.0. The van der Waals surface area contributed by atoms with Gasteiger partial charge in [0.2, 0.25) is 0 Å². The third-order valence-corrected chi connectivity index (χ3v) is 2.42. The SMILES string of the molecule is Cc1cc(CO)ccc1CC(=O)CCl. The second-order valence-corrected chi connectivity index (χ2v) is 3.54. The molecule has 0 unspecified atom stereocenters. The van der Waals surface area contributed by atoms with E-state index in [1.54, 1.807) is 0 Å². The van der Waals surface area contributed by atoms with Gasteiger partial charge < -0.3 is 5.11 Å². The third kappa shape index (κ3) is 2.82. The summed E-state index contributed by atoms with van der Waals surface area (Å²) in [5.41, 5.74) is 2.87. The van der Waals surface area contributed by atoms with Crippen molar-refractivity contribution in [3.05, 3.63) is 34.9 Å². The maximum absolute atomic E-state index is 11.1. The molecule has 1 aromatic carbocycles. The number of aliphatic hydroxyl groups excluding tert-OH is 1. The number of aryl methyl sites for hydroxylation is 1. The predicted molar refractivity (Wildman–Crippen MR) is 56.5 cm³/mol. The van der Waals surface area contributed by atoms with E-state index in [2.05, 4.69) is 0 Å². The Balaban J connectivity index is 2.83. The average Bonchev–Trinajstić information content (AvgIpc) is 2.20. The molecule has 0 aliphatic rings. The highest BCUT2D eigenvalue weighted by molar-refractivity contribution is 6.27.